The zero-order valence-corrected chi connectivity index (χ0v) is 12.6. The van der Waals surface area contributed by atoms with Gasteiger partial charge in [0.15, 0.2) is 0 Å². The van der Waals surface area contributed by atoms with Crippen molar-refractivity contribution in [3.05, 3.63) is 53.6 Å². The molecular weight excluding hydrogens is 242 g/mol. The second kappa shape index (κ2) is 5.32. The highest BCUT2D eigenvalue weighted by Gasteiger charge is 2.14. The molecule has 3 rings (SSSR count). The predicted molar refractivity (Wildman–Crippen MR) is 87.4 cm³/mol. The van der Waals surface area contributed by atoms with Crippen molar-refractivity contribution in [2.24, 2.45) is 0 Å². The smallest absolute Gasteiger partial charge is 0.0375 e. The molecule has 1 unspecified atom stereocenters. The van der Waals surface area contributed by atoms with E-state index in [1.54, 1.807) is 0 Å². The van der Waals surface area contributed by atoms with E-state index in [0.29, 0.717) is 12.0 Å². The third-order valence-corrected chi connectivity index (χ3v) is 4.26. The van der Waals surface area contributed by atoms with E-state index in [4.69, 9.17) is 0 Å². The van der Waals surface area contributed by atoms with Crippen molar-refractivity contribution in [1.82, 2.24) is 0 Å². The van der Waals surface area contributed by atoms with E-state index in [1.807, 2.05) is 0 Å². The van der Waals surface area contributed by atoms with Gasteiger partial charge in [-0.25, -0.2) is 0 Å². The van der Waals surface area contributed by atoms with Crippen LogP contribution in [-0.4, -0.2) is 6.04 Å². The maximum Gasteiger partial charge on any atom is 0.0375 e. The van der Waals surface area contributed by atoms with Gasteiger partial charge in [0.1, 0.15) is 0 Å². The first-order chi connectivity index (χ1) is 9.63. The highest BCUT2D eigenvalue weighted by Crippen LogP contribution is 2.30. The maximum atomic E-state index is 3.56. The molecule has 1 aliphatic rings. The van der Waals surface area contributed by atoms with Crippen LogP contribution < -0.4 is 5.32 Å². The summed E-state index contributed by atoms with van der Waals surface area (Å²) in [5.41, 5.74) is 6.81. The van der Waals surface area contributed by atoms with Crippen LogP contribution in [-0.2, 0) is 6.42 Å². The molecule has 1 atom stereocenters. The predicted octanol–water partition coefficient (Wildman–Crippen LogP) is 5.22. The van der Waals surface area contributed by atoms with Crippen LogP contribution in [0.3, 0.4) is 0 Å². The number of fused-ring (bicyclic) bond motifs is 1. The van der Waals surface area contributed by atoms with Gasteiger partial charge in [-0.2, -0.15) is 0 Å². The molecule has 1 heteroatoms. The second-order valence-corrected chi connectivity index (χ2v) is 6.23. The van der Waals surface area contributed by atoms with Crippen LogP contribution in [0.4, 0.5) is 5.69 Å². The summed E-state index contributed by atoms with van der Waals surface area (Å²) in [7, 11) is 0. The van der Waals surface area contributed by atoms with E-state index >= 15 is 0 Å². The normalized spacial score (nSPS) is 17.7. The maximum absolute atomic E-state index is 3.56. The highest BCUT2D eigenvalue weighted by molar-refractivity contribution is 5.69. The van der Waals surface area contributed by atoms with Gasteiger partial charge < -0.3 is 5.32 Å². The summed E-state index contributed by atoms with van der Waals surface area (Å²) in [5.74, 6) is 0.596. The molecule has 1 nitrogen and oxygen atoms in total. The highest BCUT2D eigenvalue weighted by atomic mass is 14.9. The lowest BCUT2D eigenvalue weighted by Gasteiger charge is -2.24. The third-order valence-electron chi connectivity index (χ3n) is 4.26. The van der Waals surface area contributed by atoms with E-state index in [2.05, 4.69) is 68.6 Å². The standard InChI is InChI=1S/C19H23N/c1-13(2)15-6-8-16(9-7-15)17-10-11-19-18(12-17)5-4-14(3)20-19/h6-14,20H,4-5H2,1-3H3. The van der Waals surface area contributed by atoms with Gasteiger partial charge in [0.25, 0.3) is 0 Å². The Labute approximate surface area is 122 Å². The van der Waals surface area contributed by atoms with Crippen molar-refractivity contribution in [3.63, 3.8) is 0 Å². The average Bonchev–Trinajstić information content (AvgIpc) is 2.47. The monoisotopic (exact) mass is 265 g/mol. The number of rotatable bonds is 2. The van der Waals surface area contributed by atoms with Crippen molar-refractivity contribution in [2.45, 2.75) is 45.6 Å². The molecule has 0 saturated heterocycles. The molecule has 1 aliphatic heterocycles. The van der Waals surface area contributed by atoms with E-state index in [1.165, 1.54) is 40.8 Å². The Morgan fingerprint density at radius 2 is 1.70 bits per heavy atom. The summed E-state index contributed by atoms with van der Waals surface area (Å²) in [5, 5.41) is 3.56. The molecule has 104 valence electrons. The molecule has 20 heavy (non-hydrogen) atoms. The van der Waals surface area contributed by atoms with E-state index in [9.17, 15) is 0 Å². The molecular formula is C19H23N. The van der Waals surface area contributed by atoms with Crippen molar-refractivity contribution in [3.8, 4) is 11.1 Å². The Hall–Kier alpha value is -1.76. The molecule has 1 heterocycles. The number of hydrogen-bond donors (Lipinski definition) is 1. The molecule has 0 spiro atoms. The SMILES string of the molecule is CC1CCc2cc(-c3ccc(C(C)C)cc3)ccc2N1. The van der Waals surface area contributed by atoms with Gasteiger partial charge in [-0.3, -0.25) is 0 Å². The van der Waals surface area contributed by atoms with Crippen LogP contribution in [0.25, 0.3) is 11.1 Å². The number of anilines is 1. The van der Waals surface area contributed by atoms with Gasteiger partial charge in [-0.15, -0.1) is 0 Å². The number of aryl methyl sites for hydroxylation is 1. The van der Waals surface area contributed by atoms with Crippen LogP contribution in [0.1, 0.15) is 44.2 Å². The molecule has 0 radical (unpaired) electrons. The molecule has 0 aromatic heterocycles. The summed E-state index contributed by atoms with van der Waals surface area (Å²) >= 11 is 0. The molecule has 2 aromatic rings. The minimum absolute atomic E-state index is 0.596. The Kier molecular flexibility index (Phi) is 3.52. The largest absolute Gasteiger partial charge is 0.382 e. The number of benzene rings is 2. The molecule has 0 fully saturated rings. The number of hydrogen-bond acceptors (Lipinski definition) is 1. The quantitative estimate of drug-likeness (QED) is 0.784. The minimum Gasteiger partial charge on any atom is -0.382 e. The van der Waals surface area contributed by atoms with Crippen LogP contribution in [0, 0.1) is 0 Å². The van der Waals surface area contributed by atoms with Crippen LogP contribution in [0.2, 0.25) is 0 Å². The lowest BCUT2D eigenvalue weighted by atomic mass is 9.93. The van der Waals surface area contributed by atoms with E-state index < -0.39 is 0 Å². The zero-order valence-electron chi connectivity index (χ0n) is 12.6. The lowest BCUT2D eigenvalue weighted by Crippen LogP contribution is -2.21. The Bertz CT molecular complexity index is 596. The average molecular weight is 265 g/mol. The van der Waals surface area contributed by atoms with Crippen molar-refractivity contribution < 1.29 is 0 Å². The summed E-state index contributed by atoms with van der Waals surface area (Å²) in [6.07, 6.45) is 2.41. The van der Waals surface area contributed by atoms with E-state index in [0.717, 1.165) is 0 Å². The first-order valence-electron chi connectivity index (χ1n) is 7.63. The summed E-state index contributed by atoms with van der Waals surface area (Å²) in [4.78, 5) is 0. The molecule has 0 aliphatic carbocycles. The fraction of sp³-hybridized carbons (Fsp3) is 0.368. The summed E-state index contributed by atoms with van der Waals surface area (Å²) < 4.78 is 0. The fourth-order valence-corrected chi connectivity index (χ4v) is 2.89. The first-order valence-corrected chi connectivity index (χ1v) is 7.63. The minimum atomic E-state index is 0.596. The summed E-state index contributed by atoms with van der Waals surface area (Å²) in [6, 6.07) is 16.4. The van der Waals surface area contributed by atoms with Gasteiger partial charge in [0.2, 0.25) is 0 Å². The third kappa shape index (κ3) is 2.58. The lowest BCUT2D eigenvalue weighted by molar-refractivity contribution is 0.681. The Balaban J connectivity index is 1.91. The van der Waals surface area contributed by atoms with Crippen molar-refractivity contribution in [2.75, 3.05) is 5.32 Å². The van der Waals surface area contributed by atoms with Gasteiger partial charge in [-0.1, -0.05) is 44.2 Å². The van der Waals surface area contributed by atoms with Gasteiger partial charge in [0, 0.05) is 11.7 Å². The van der Waals surface area contributed by atoms with Gasteiger partial charge >= 0.3 is 0 Å². The molecule has 0 bridgehead atoms. The van der Waals surface area contributed by atoms with Crippen LogP contribution in [0.5, 0.6) is 0 Å². The Morgan fingerprint density at radius 1 is 1.00 bits per heavy atom. The fourth-order valence-electron chi connectivity index (χ4n) is 2.89. The zero-order chi connectivity index (χ0) is 14.1. The second-order valence-electron chi connectivity index (χ2n) is 6.23. The van der Waals surface area contributed by atoms with E-state index in [-0.39, 0.29) is 0 Å². The topological polar surface area (TPSA) is 12.0 Å². The molecule has 0 amide bonds. The van der Waals surface area contributed by atoms with Crippen molar-refractivity contribution >= 4 is 5.69 Å². The van der Waals surface area contributed by atoms with Crippen LogP contribution >= 0.6 is 0 Å². The van der Waals surface area contributed by atoms with Crippen molar-refractivity contribution in [1.29, 1.82) is 0 Å². The summed E-state index contributed by atoms with van der Waals surface area (Å²) in [6.45, 7) is 6.73. The Morgan fingerprint density at radius 3 is 2.40 bits per heavy atom. The number of nitrogens with one attached hydrogen (secondary N) is 1. The molecule has 2 aromatic carbocycles. The molecule has 1 N–H and O–H groups in total. The van der Waals surface area contributed by atoms with Gasteiger partial charge in [0.05, 0.1) is 0 Å². The molecule has 0 saturated carbocycles. The first kappa shape index (κ1) is 13.2. The van der Waals surface area contributed by atoms with Gasteiger partial charge in [-0.05, 0) is 60.1 Å². The van der Waals surface area contributed by atoms with Crippen LogP contribution in [0.15, 0.2) is 42.5 Å².